The van der Waals surface area contributed by atoms with Gasteiger partial charge in [-0.15, -0.1) is 0 Å². The van der Waals surface area contributed by atoms with E-state index in [0.717, 1.165) is 0 Å². The minimum atomic E-state index is -0.581. The largest absolute Gasteiger partial charge is 0.236 e. The van der Waals surface area contributed by atoms with E-state index >= 15 is 0 Å². The lowest BCUT2D eigenvalue weighted by Crippen LogP contribution is -2.07. The molecule has 1 heterocycles. The highest BCUT2D eigenvalue weighted by molar-refractivity contribution is 6.30. The Bertz CT molecular complexity index is 774. The summed E-state index contributed by atoms with van der Waals surface area (Å²) in [6, 6.07) is 10.5. The molecule has 3 rings (SSSR count). The number of fused-ring (bicyclic) bond motifs is 1. The van der Waals surface area contributed by atoms with E-state index in [1.165, 1.54) is 30.6 Å². The first kappa shape index (κ1) is 12.7. The van der Waals surface area contributed by atoms with Crippen molar-refractivity contribution in [3.63, 3.8) is 0 Å². The smallest absolute Gasteiger partial charge is 0.177 e. The molecule has 100 valence electrons. The van der Waals surface area contributed by atoms with Gasteiger partial charge >= 0.3 is 0 Å². The van der Waals surface area contributed by atoms with E-state index in [9.17, 15) is 8.87 Å². The first-order valence-corrected chi connectivity index (χ1v) is 6.15. The third-order valence-corrected chi connectivity index (χ3v) is 3.05. The van der Waals surface area contributed by atoms with E-state index in [2.05, 4.69) is 9.97 Å². The molecule has 0 bridgehead atoms. The molecule has 0 aliphatic rings. The Hall–Kier alpha value is -2.27. The molecule has 0 N–H and O–H groups in total. The van der Waals surface area contributed by atoms with Crippen LogP contribution in [-0.2, 0) is 0 Å². The predicted octanol–water partition coefficient (Wildman–Crippen LogP) is 4.44. The van der Waals surface area contributed by atoms with Gasteiger partial charge in [0.2, 0.25) is 0 Å². The Balaban J connectivity index is 2.19. The summed E-state index contributed by atoms with van der Waals surface area (Å²) in [7, 11) is 0. The highest BCUT2D eigenvalue weighted by Gasteiger charge is 2.17. The topological polar surface area (TPSA) is 29.0 Å². The minimum absolute atomic E-state index is 0.0254. The molecule has 6 heteroatoms. The molecule has 0 aliphatic carbocycles. The molecule has 0 spiro atoms. The van der Waals surface area contributed by atoms with E-state index < -0.39 is 5.82 Å². The summed E-state index contributed by atoms with van der Waals surface area (Å²) in [4.78, 5) is 7.76. The maximum atomic E-state index is 14.5. The molecule has 3 nitrogen and oxygen atoms in total. The van der Waals surface area contributed by atoms with Gasteiger partial charge in [0, 0.05) is 5.02 Å². The number of anilines is 2. The van der Waals surface area contributed by atoms with Gasteiger partial charge in [-0.2, -0.15) is 5.12 Å². The Morgan fingerprint density at radius 2 is 1.85 bits per heavy atom. The lowest BCUT2D eigenvalue weighted by Gasteiger charge is -2.14. The summed E-state index contributed by atoms with van der Waals surface area (Å²) < 4.78 is 28.4. The summed E-state index contributed by atoms with van der Waals surface area (Å²) in [6.07, 6.45) is 1.19. The van der Waals surface area contributed by atoms with Crippen molar-refractivity contribution < 1.29 is 8.87 Å². The number of aromatic nitrogens is 2. The molecule has 0 aliphatic heterocycles. The van der Waals surface area contributed by atoms with Crippen molar-refractivity contribution >= 4 is 34.0 Å². The number of rotatable bonds is 2. The molecule has 1 aromatic heterocycles. The third-order valence-electron chi connectivity index (χ3n) is 2.81. The second-order valence-electron chi connectivity index (χ2n) is 4.09. The zero-order chi connectivity index (χ0) is 14.1. The lowest BCUT2D eigenvalue weighted by atomic mass is 10.2. The molecule has 20 heavy (non-hydrogen) atoms. The van der Waals surface area contributed by atoms with E-state index in [-0.39, 0.29) is 16.9 Å². The van der Waals surface area contributed by atoms with Gasteiger partial charge in [0.05, 0.1) is 16.6 Å². The fraction of sp³-hybridized carbons (Fsp3) is 0. The minimum Gasteiger partial charge on any atom is -0.236 e. The van der Waals surface area contributed by atoms with Gasteiger partial charge < -0.3 is 0 Å². The van der Waals surface area contributed by atoms with Gasteiger partial charge in [-0.1, -0.05) is 28.2 Å². The van der Waals surface area contributed by atoms with Gasteiger partial charge in [-0.25, -0.2) is 14.4 Å². The van der Waals surface area contributed by atoms with Crippen LogP contribution in [0.25, 0.3) is 10.9 Å². The Morgan fingerprint density at radius 3 is 2.65 bits per heavy atom. The first-order valence-electron chi connectivity index (χ1n) is 5.77. The lowest BCUT2D eigenvalue weighted by molar-refractivity contribution is 0.499. The van der Waals surface area contributed by atoms with Crippen LogP contribution in [0.4, 0.5) is 20.4 Å². The van der Waals surface area contributed by atoms with E-state index in [1.54, 1.807) is 18.2 Å². The average molecular weight is 292 g/mol. The maximum Gasteiger partial charge on any atom is 0.177 e. The Morgan fingerprint density at radius 1 is 1.05 bits per heavy atom. The molecule has 0 atom stereocenters. The van der Waals surface area contributed by atoms with E-state index in [0.29, 0.717) is 15.7 Å². The fourth-order valence-corrected chi connectivity index (χ4v) is 2.11. The van der Waals surface area contributed by atoms with Crippen molar-refractivity contribution in [3.05, 3.63) is 59.6 Å². The molecule has 0 unspecified atom stereocenters. The second-order valence-corrected chi connectivity index (χ2v) is 4.53. The number of nitrogens with zero attached hydrogens (tertiary/aromatic N) is 3. The number of hydrogen-bond donors (Lipinski definition) is 0. The molecule has 0 amide bonds. The molecular weight excluding hydrogens is 284 g/mol. The third kappa shape index (κ3) is 2.16. The van der Waals surface area contributed by atoms with Crippen LogP contribution in [-0.4, -0.2) is 9.97 Å². The summed E-state index contributed by atoms with van der Waals surface area (Å²) in [5.74, 6) is -0.738. The number of hydrogen-bond acceptors (Lipinski definition) is 3. The van der Waals surface area contributed by atoms with Crippen LogP contribution in [0.3, 0.4) is 0 Å². The molecule has 0 radical (unpaired) electrons. The zero-order valence-corrected chi connectivity index (χ0v) is 10.9. The first-order chi connectivity index (χ1) is 9.66. The van der Waals surface area contributed by atoms with E-state index in [4.69, 9.17) is 11.6 Å². The van der Waals surface area contributed by atoms with Crippen molar-refractivity contribution in [2.45, 2.75) is 0 Å². The van der Waals surface area contributed by atoms with Crippen molar-refractivity contribution in [1.29, 1.82) is 0 Å². The molecule has 2 aromatic carbocycles. The fourth-order valence-electron chi connectivity index (χ4n) is 1.92. The zero-order valence-electron chi connectivity index (χ0n) is 10.1. The van der Waals surface area contributed by atoms with Gasteiger partial charge in [0.15, 0.2) is 5.82 Å². The van der Waals surface area contributed by atoms with Crippen molar-refractivity contribution in [1.82, 2.24) is 9.97 Å². The van der Waals surface area contributed by atoms with Gasteiger partial charge in [0.25, 0.3) is 0 Å². The van der Waals surface area contributed by atoms with Gasteiger partial charge in [-0.05, 0) is 30.3 Å². The molecule has 0 saturated heterocycles. The normalized spacial score (nSPS) is 10.8. The van der Waals surface area contributed by atoms with Crippen LogP contribution in [0, 0.1) is 5.82 Å². The number of benzene rings is 2. The highest BCUT2D eigenvalue weighted by atomic mass is 35.5. The summed E-state index contributed by atoms with van der Waals surface area (Å²) in [5.41, 5.74) is 0.500. The SMILES string of the molecule is Fc1cccc2ncnc(N(F)c3cccc(Cl)c3)c12. The van der Waals surface area contributed by atoms with Gasteiger partial charge in [0.1, 0.15) is 12.1 Å². The van der Waals surface area contributed by atoms with Crippen LogP contribution in [0.2, 0.25) is 5.02 Å². The molecule has 3 aromatic rings. The maximum absolute atomic E-state index is 14.5. The molecular formula is C14H8ClF2N3. The Labute approximate surface area is 118 Å². The highest BCUT2D eigenvalue weighted by Crippen LogP contribution is 2.32. The monoisotopic (exact) mass is 291 g/mol. The summed E-state index contributed by atoms with van der Waals surface area (Å²) in [5, 5.41) is 0.695. The molecule has 0 saturated carbocycles. The van der Waals surface area contributed by atoms with Crippen LogP contribution < -0.4 is 5.12 Å². The van der Waals surface area contributed by atoms with Crippen LogP contribution in [0.15, 0.2) is 48.8 Å². The van der Waals surface area contributed by atoms with Crippen molar-refractivity contribution in [3.8, 4) is 0 Å². The Kier molecular flexibility index (Phi) is 3.20. The van der Waals surface area contributed by atoms with E-state index in [1.807, 2.05) is 0 Å². The summed E-state index contributed by atoms with van der Waals surface area (Å²) in [6.45, 7) is 0. The van der Waals surface area contributed by atoms with Crippen LogP contribution >= 0.6 is 11.6 Å². The van der Waals surface area contributed by atoms with Gasteiger partial charge in [-0.3, -0.25) is 0 Å². The number of halogens is 3. The van der Waals surface area contributed by atoms with Crippen molar-refractivity contribution in [2.24, 2.45) is 0 Å². The standard InChI is InChI=1S/C14H8ClF2N3/c15-9-3-1-4-10(7-9)20(17)14-13-11(16)5-2-6-12(13)18-8-19-14/h1-8H. The summed E-state index contributed by atoms with van der Waals surface area (Å²) >= 11 is 5.83. The van der Waals surface area contributed by atoms with Crippen LogP contribution in [0.1, 0.15) is 0 Å². The van der Waals surface area contributed by atoms with Crippen LogP contribution in [0.5, 0.6) is 0 Å². The molecule has 0 fully saturated rings. The predicted molar refractivity (Wildman–Crippen MR) is 74.2 cm³/mol. The second kappa shape index (κ2) is 5.02. The quantitative estimate of drug-likeness (QED) is 0.653. The average Bonchev–Trinajstić information content (AvgIpc) is 2.46. The van der Waals surface area contributed by atoms with Crippen molar-refractivity contribution in [2.75, 3.05) is 5.12 Å².